The summed E-state index contributed by atoms with van der Waals surface area (Å²) in [7, 11) is 0. The lowest BCUT2D eigenvalue weighted by Gasteiger charge is -2.29. The molecule has 1 N–H and O–H groups in total. The van der Waals surface area contributed by atoms with Gasteiger partial charge in [0, 0.05) is 37.6 Å². The number of aromatic nitrogens is 2. The van der Waals surface area contributed by atoms with E-state index < -0.39 is 0 Å². The van der Waals surface area contributed by atoms with Gasteiger partial charge in [-0.2, -0.15) is 5.10 Å². The van der Waals surface area contributed by atoms with Crippen molar-refractivity contribution in [3.8, 4) is 0 Å². The van der Waals surface area contributed by atoms with Crippen LogP contribution in [0.2, 0.25) is 0 Å². The van der Waals surface area contributed by atoms with Crippen LogP contribution in [-0.4, -0.2) is 46.7 Å². The van der Waals surface area contributed by atoms with Crippen LogP contribution in [-0.2, 0) is 11.3 Å². The molecular formula is C18H23N5O. The minimum Gasteiger partial charge on any atom is -0.368 e. The van der Waals surface area contributed by atoms with Crippen LogP contribution < -0.4 is 10.2 Å². The second kappa shape index (κ2) is 7.40. The summed E-state index contributed by atoms with van der Waals surface area (Å²) in [4.78, 5) is 16.9. The lowest BCUT2D eigenvalue weighted by atomic mass is 10.1. The van der Waals surface area contributed by atoms with Gasteiger partial charge in [0.2, 0.25) is 5.91 Å². The third-order valence-electron chi connectivity index (χ3n) is 4.18. The molecule has 0 unspecified atom stereocenters. The molecule has 1 aromatic heterocycles. The van der Waals surface area contributed by atoms with Crippen molar-refractivity contribution in [2.45, 2.75) is 26.4 Å². The van der Waals surface area contributed by atoms with Crippen LogP contribution in [0.4, 0.5) is 11.5 Å². The Morgan fingerprint density at radius 1 is 1.21 bits per heavy atom. The van der Waals surface area contributed by atoms with Crippen molar-refractivity contribution in [3.05, 3.63) is 48.2 Å². The summed E-state index contributed by atoms with van der Waals surface area (Å²) in [5.74, 6) is 0.424. The fourth-order valence-electron chi connectivity index (χ4n) is 3.04. The smallest absolute Gasteiger partial charge is 0.239 e. The number of fused-ring (bicyclic) bond motifs is 1. The van der Waals surface area contributed by atoms with Gasteiger partial charge < -0.3 is 10.2 Å². The van der Waals surface area contributed by atoms with E-state index in [9.17, 15) is 4.79 Å². The Morgan fingerprint density at radius 3 is 2.79 bits per heavy atom. The lowest BCUT2D eigenvalue weighted by molar-refractivity contribution is -0.117. The Labute approximate surface area is 142 Å². The van der Waals surface area contributed by atoms with Gasteiger partial charge in [0.05, 0.1) is 6.54 Å². The Hall–Kier alpha value is -2.47. The number of nitrogens with zero attached hydrogens (tertiary/aromatic N) is 4. The predicted octanol–water partition coefficient (Wildman–Crippen LogP) is 2.15. The van der Waals surface area contributed by atoms with E-state index in [4.69, 9.17) is 0 Å². The highest BCUT2D eigenvalue weighted by Gasteiger charge is 2.22. The molecule has 0 fully saturated rings. The number of amides is 1. The summed E-state index contributed by atoms with van der Waals surface area (Å²) in [5.41, 5.74) is 2.53. The molecule has 0 spiro atoms. The maximum Gasteiger partial charge on any atom is 0.239 e. The highest BCUT2D eigenvalue weighted by Crippen LogP contribution is 2.26. The molecule has 1 aliphatic heterocycles. The monoisotopic (exact) mass is 325 g/mol. The number of rotatable bonds is 4. The highest BCUT2D eigenvalue weighted by molar-refractivity contribution is 5.91. The van der Waals surface area contributed by atoms with Crippen molar-refractivity contribution >= 4 is 17.4 Å². The van der Waals surface area contributed by atoms with E-state index >= 15 is 0 Å². The van der Waals surface area contributed by atoms with Crippen LogP contribution in [0.15, 0.2) is 42.6 Å². The van der Waals surface area contributed by atoms with Crippen molar-refractivity contribution < 1.29 is 4.79 Å². The van der Waals surface area contributed by atoms with Crippen LogP contribution >= 0.6 is 0 Å². The first-order valence-corrected chi connectivity index (χ1v) is 8.28. The van der Waals surface area contributed by atoms with E-state index in [0.717, 1.165) is 19.6 Å². The zero-order valence-electron chi connectivity index (χ0n) is 14.1. The first-order chi connectivity index (χ1) is 11.6. The number of anilines is 2. The Balaban J connectivity index is 1.69. The average Bonchev–Trinajstić information content (AvgIpc) is 2.74. The van der Waals surface area contributed by atoms with Gasteiger partial charge in [-0.15, -0.1) is 5.10 Å². The molecule has 6 heteroatoms. The fraction of sp³-hybridized carbons (Fsp3) is 0.389. The number of carbonyl (C=O) groups excluding carboxylic acids is 1. The van der Waals surface area contributed by atoms with Gasteiger partial charge >= 0.3 is 0 Å². The first kappa shape index (κ1) is 16.4. The highest BCUT2D eigenvalue weighted by atomic mass is 16.2. The summed E-state index contributed by atoms with van der Waals surface area (Å²) >= 11 is 0. The van der Waals surface area contributed by atoms with E-state index in [2.05, 4.69) is 63.4 Å². The standard InChI is InChI=1S/C18H23N5O/c1-14(2)23-11-10-22(12-15-6-3-4-7-16(15)23)13-18(24)20-17-8-5-9-19-21-17/h3-9,14H,10-13H2,1-2H3,(H,20,21,24). The summed E-state index contributed by atoms with van der Waals surface area (Å²) in [6, 6.07) is 12.4. The summed E-state index contributed by atoms with van der Waals surface area (Å²) in [6.45, 7) is 7.28. The van der Waals surface area contributed by atoms with E-state index in [1.54, 1.807) is 18.3 Å². The zero-order valence-corrected chi connectivity index (χ0v) is 14.1. The molecule has 0 saturated heterocycles. The molecule has 0 saturated carbocycles. The molecule has 2 aromatic rings. The molecule has 2 heterocycles. The zero-order chi connectivity index (χ0) is 16.9. The molecule has 6 nitrogen and oxygen atoms in total. The van der Waals surface area contributed by atoms with Crippen molar-refractivity contribution in [2.75, 3.05) is 29.9 Å². The van der Waals surface area contributed by atoms with E-state index in [-0.39, 0.29) is 5.91 Å². The molecule has 0 aliphatic carbocycles. The van der Waals surface area contributed by atoms with Gasteiger partial charge in [0.25, 0.3) is 0 Å². The molecule has 0 radical (unpaired) electrons. The van der Waals surface area contributed by atoms with Crippen LogP contribution in [0.1, 0.15) is 19.4 Å². The van der Waals surface area contributed by atoms with Gasteiger partial charge in [-0.25, -0.2) is 0 Å². The lowest BCUT2D eigenvalue weighted by Crippen LogP contribution is -2.38. The Bertz CT molecular complexity index is 689. The molecule has 1 aromatic carbocycles. The second-order valence-corrected chi connectivity index (χ2v) is 6.28. The van der Waals surface area contributed by atoms with Gasteiger partial charge in [-0.3, -0.25) is 9.69 Å². The third-order valence-corrected chi connectivity index (χ3v) is 4.18. The minimum absolute atomic E-state index is 0.0639. The quantitative estimate of drug-likeness (QED) is 0.933. The minimum atomic E-state index is -0.0639. The summed E-state index contributed by atoms with van der Waals surface area (Å²) in [5, 5.41) is 10.5. The van der Waals surface area contributed by atoms with Gasteiger partial charge in [0.1, 0.15) is 0 Å². The van der Waals surface area contributed by atoms with Crippen LogP contribution in [0.5, 0.6) is 0 Å². The van der Waals surface area contributed by atoms with Gasteiger partial charge in [-0.05, 0) is 37.6 Å². The summed E-state index contributed by atoms with van der Waals surface area (Å²) < 4.78 is 0. The number of nitrogens with one attached hydrogen (secondary N) is 1. The number of carbonyl (C=O) groups is 1. The van der Waals surface area contributed by atoms with Crippen molar-refractivity contribution in [3.63, 3.8) is 0 Å². The average molecular weight is 325 g/mol. The predicted molar refractivity (Wildman–Crippen MR) is 94.9 cm³/mol. The number of benzene rings is 1. The Kier molecular flexibility index (Phi) is 5.05. The topological polar surface area (TPSA) is 61.4 Å². The number of para-hydroxylation sites is 1. The molecule has 1 amide bonds. The maximum absolute atomic E-state index is 12.3. The maximum atomic E-state index is 12.3. The van der Waals surface area contributed by atoms with Crippen LogP contribution in [0.3, 0.4) is 0 Å². The van der Waals surface area contributed by atoms with Crippen molar-refractivity contribution in [1.29, 1.82) is 0 Å². The number of hydrogen-bond acceptors (Lipinski definition) is 5. The molecule has 126 valence electrons. The van der Waals surface area contributed by atoms with Gasteiger partial charge in [-0.1, -0.05) is 18.2 Å². The largest absolute Gasteiger partial charge is 0.368 e. The summed E-state index contributed by atoms with van der Waals surface area (Å²) in [6.07, 6.45) is 1.59. The van der Waals surface area contributed by atoms with Crippen molar-refractivity contribution in [2.24, 2.45) is 0 Å². The molecule has 0 atom stereocenters. The molecule has 0 bridgehead atoms. The SMILES string of the molecule is CC(C)N1CCN(CC(=O)Nc2cccnn2)Cc2ccccc21. The van der Waals surface area contributed by atoms with E-state index in [1.807, 2.05) is 0 Å². The van der Waals surface area contributed by atoms with E-state index in [1.165, 1.54) is 11.3 Å². The van der Waals surface area contributed by atoms with Gasteiger partial charge in [0.15, 0.2) is 5.82 Å². The third kappa shape index (κ3) is 3.89. The molecule has 24 heavy (non-hydrogen) atoms. The number of hydrogen-bond donors (Lipinski definition) is 1. The van der Waals surface area contributed by atoms with E-state index in [0.29, 0.717) is 18.4 Å². The van der Waals surface area contributed by atoms with Crippen LogP contribution in [0, 0.1) is 0 Å². The normalized spacial score (nSPS) is 15.0. The van der Waals surface area contributed by atoms with Crippen molar-refractivity contribution in [1.82, 2.24) is 15.1 Å². The molecule has 1 aliphatic rings. The molecule has 3 rings (SSSR count). The van der Waals surface area contributed by atoms with Crippen LogP contribution in [0.25, 0.3) is 0 Å². The molecular weight excluding hydrogens is 302 g/mol. The Morgan fingerprint density at radius 2 is 2.04 bits per heavy atom. The second-order valence-electron chi connectivity index (χ2n) is 6.28. The fourth-order valence-corrected chi connectivity index (χ4v) is 3.04. The first-order valence-electron chi connectivity index (χ1n) is 8.28.